The molecule has 0 radical (unpaired) electrons. The molecule has 19 heavy (non-hydrogen) atoms. The molecule has 0 aliphatic rings. The van der Waals surface area contributed by atoms with Crippen molar-refractivity contribution in [2.24, 2.45) is 0 Å². The number of hydrogen-bond acceptors (Lipinski definition) is 4. The molecule has 0 bridgehead atoms. The average molecular weight is 289 g/mol. The lowest BCUT2D eigenvalue weighted by atomic mass is 10.5. The molecule has 5 heteroatoms. The van der Waals surface area contributed by atoms with E-state index in [0.717, 1.165) is 39.3 Å². The molecule has 0 aromatic rings. The summed E-state index contributed by atoms with van der Waals surface area (Å²) in [5.74, 6) is 0. The van der Waals surface area contributed by atoms with E-state index in [2.05, 4.69) is 48.2 Å². The molecule has 0 atom stereocenters. The molecule has 0 aromatic heterocycles. The van der Waals surface area contributed by atoms with Crippen LogP contribution in [0.2, 0.25) is 25.2 Å². The van der Waals surface area contributed by atoms with Crippen LogP contribution in [-0.4, -0.2) is 60.4 Å². The molecular formula is C14H36N4Si. The third kappa shape index (κ3) is 14.3. The van der Waals surface area contributed by atoms with Gasteiger partial charge in [-0.1, -0.05) is 26.9 Å². The molecule has 0 heterocycles. The lowest BCUT2D eigenvalue weighted by Gasteiger charge is -2.22. The molecule has 0 saturated carbocycles. The van der Waals surface area contributed by atoms with E-state index in [-0.39, 0.29) is 0 Å². The Morgan fingerprint density at radius 1 is 0.579 bits per heavy atom. The molecule has 4 nitrogen and oxygen atoms in total. The molecular weight excluding hydrogens is 252 g/mol. The molecule has 0 aliphatic carbocycles. The van der Waals surface area contributed by atoms with E-state index in [0.29, 0.717) is 0 Å². The average Bonchev–Trinajstić information content (AvgIpc) is 2.38. The summed E-state index contributed by atoms with van der Waals surface area (Å²) >= 11 is 0. The summed E-state index contributed by atoms with van der Waals surface area (Å²) in [4.78, 5) is 0. The van der Waals surface area contributed by atoms with Crippen molar-refractivity contribution in [3.05, 3.63) is 0 Å². The van der Waals surface area contributed by atoms with Gasteiger partial charge in [-0.15, -0.1) is 0 Å². The minimum absolute atomic E-state index is 1.01. The first kappa shape index (κ1) is 19.1. The summed E-state index contributed by atoms with van der Waals surface area (Å²) in [6, 6.07) is 2.77. The third-order valence-corrected chi connectivity index (χ3v) is 6.62. The summed E-state index contributed by atoms with van der Waals surface area (Å²) in [5, 5.41) is 13.7. The van der Waals surface area contributed by atoms with Crippen molar-refractivity contribution in [1.82, 2.24) is 21.3 Å². The second kappa shape index (κ2) is 13.1. The molecule has 0 amide bonds. The second-order valence-corrected chi connectivity index (χ2v) is 11.2. The highest BCUT2D eigenvalue weighted by Crippen LogP contribution is 2.13. The van der Waals surface area contributed by atoms with Crippen LogP contribution in [0.5, 0.6) is 0 Å². The Balaban J connectivity index is 3.36. The first-order valence-corrected chi connectivity index (χ1v) is 11.4. The van der Waals surface area contributed by atoms with Gasteiger partial charge in [0.25, 0.3) is 0 Å². The minimum atomic E-state index is -1.01. The van der Waals surface area contributed by atoms with Gasteiger partial charge in [-0.25, -0.2) is 0 Å². The number of rotatable bonds is 14. The number of nitrogens with one attached hydrogen (secondary N) is 4. The molecule has 0 rings (SSSR count). The molecule has 4 N–H and O–H groups in total. The van der Waals surface area contributed by atoms with Crippen LogP contribution in [0.1, 0.15) is 13.8 Å². The van der Waals surface area contributed by atoms with Crippen LogP contribution in [0.3, 0.4) is 0 Å². The maximum atomic E-state index is 3.54. The van der Waals surface area contributed by atoms with Gasteiger partial charge in [0, 0.05) is 34.3 Å². The lowest BCUT2D eigenvalue weighted by molar-refractivity contribution is 0.632. The Bertz CT molecular complexity index is 170. The fourth-order valence-corrected chi connectivity index (χ4v) is 3.89. The zero-order valence-electron chi connectivity index (χ0n) is 13.6. The van der Waals surface area contributed by atoms with Crippen LogP contribution in [-0.2, 0) is 0 Å². The van der Waals surface area contributed by atoms with Gasteiger partial charge >= 0.3 is 0 Å². The maximum absolute atomic E-state index is 3.54. The normalized spacial score (nSPS) is 12.0. The molecule has 0 fully saturated rings. The Morgan fingerprint density at radius 3 is 1.32 bits per heavy atom. The van der Waals surface area contributed by atoms with Gasteiger partial charge < -0.3 is 21.3 Å². The van der Waals surface area contributed by atoms with E-state index in [4.69, 9.17) is 0 Å². The van der Waals surface area contributed by atoms with Crippen LogP contribution < -0.4 is 21.3 Å². The maximum Gasteiger partial charge on any atom is 0.0498 e. The highest BCUT2D eigenvalue weighted by molar-refractivity contribution is 6.77. The highest BCUT2D eigenvalue weighted by Gasteiger charge is 2.18. The molecule has 0 aromatic carbocycles. The zero-order chi connectivity index (χ0) is 14.4. The topological polar surface area (TPSA) is 48.1 Å². The molecule has 116 valence electrons. The smallest absolute Gasteiger partial charge is 0.0498 e. The van der Waals surface area contributed by atoms with Gasteiger partial charge in [0.05, 0.1) is 0 Å². The third-order valence-electron chi connectivity index (χ3n) is 3.41. The fraction of sp³-hybridized carbons (Fsp3) is 1.00. The fourth-order valence-electron chi connectivity index (χ4n) is 1.94. The molecule has 0 aliphatic heterocycles. The molecule has 0 unspecified atom stereocenters. The second-order valence-electron chi connectivity index (χ2n) is 5.87. The van der Waals surface area contributed by atoms with Gasteiger partial charge in [-0.3, -0.25) is 0 Å². The van der Waals surface area contributed by atoms with Gasteiger partial charge in [0.1, 0.15) is 0 Å². The van der Waals surface area contributed by atoms with Crippen LogP contribution in [0.25, 0.3) is 0 Å². The Kier molecular flexibility index (Phi) is 13.1. The standard InChI is InChI=1S/C14H36N4Si/c1-5-15-7-9-17-11-13-19(3,4)14-12-18-10-8-16-6-2/h15-18H,5-14H2,1-4H3. The van der Waals surface area contributed by atoms with Crippen molar-refractivity contribution in [3.63, 3.8) is 0 Å². The summed E-state index contributed by atoms with van der Waals surface area (Å²) in [7, 11) is -1.01. The first-order chi connectivity index (χ1) is 9.12. The van der Waals surface area contributed by atoms with Crippen LogP contribution in [0.4, 0.5) is 0 Å². The summed E-state index contributed by atoms with van der Waals surface area (Å²) in [6.45, 7) is 18.2. The van der Waals surface area contributed by atoms with Crippen molar-refractivity contribution in [3.8, 4) is 0 Å². The Hall–Kier alpha value is 0.0569. The van der Waals surface area contributed by atoms with Crippen LogP contribution in [0, 0.1) is 0 Å². The minimum Gasteiger partial charge on any atom is -0.316 e. The van der Waals surface area contributed by atoms with E-state index in [1.54, 1.807) is 0 Å². The van der Waals surface area contributed by atoms with Crippen molar-refractivity contribution in [2.45, 2.75) is 39.0 Å². The summed E-state index contributed by atoms with van der Waals surface area (Å²) in [5.41, 5.74) is 0. The van der Waals surface area contributed by atoms with Crippen LogP contribution >= 0.6 is 0 Å². The molecule has 0 saturated heterocycles. The van der Waals surface area contributed by atoms with Crippen molar-refractivity contribution >= 4 is 8.07 Å². The van der Waals surface area contributed by atoms with Crippen molar-refractivity contribution in [2.75, 3.05) is 52.4 Å². The monoisotopic (exact) mass is 288 g/mol. The van der Waals surface area contributed by atoms with Gasteiger partial charge in [-0.2, -0.15) is 0 Å². The highest BCUT2D eigenvalue weighted by atomic mass is 28.3. The first-order valence-electron chi connectivity index (χ1n) is 7.95. The largest absolute Gasteiger partial charge is 0.316 e. The lowest BCUT2D eigenvalue weighted by Crippen LogP contribution is -2.36. The van der Waals surface area contributed by atoms with E-state index in [1.165, 1.54) is 25.2 Å². The summed E-state index contributed by atoms with van der Waals surface area (Å²) < 4.78 is 0. The Labute approximate surface area is 121 Å². The SMILES string of the molecule is CCNCCNCC[Si](C)(C)CCNCCNCC. The van der Waals surface area contributed by atoms with Crippen LogP contribution in [0.15, 0.2) is 0 Å². The summed E-state index contributed by atoms with van der Waals surface area (Å²) in [6.07, 6.45) is 0. The van der Waals surface area contributed by atoms with E-state index < -0.39 is 8.07 Å². The van der Waals surface area contributed by atoms with E-state index >= 15 is 0 Å². The van der Waals surface area contributed by atoms with E-state index in [9.17, 15) is 0 Å². The van der Waals surface area contributed by atoms with Gasteiger partial charge in [0.2, 0.25) is 0 Å². The zero-order valence-corrected chi connectivity index (χ0v) is 14.6. The molecule has 0 spiro atoms. The van der Waals surface area contributed by atoms with E-state index in [1.807, 2.05) is 0 Å². The quantitative estimate of drug-likeness (QED) is 0.285. The van der Waals surface area contributed by atoms with Gasteiger partial charge in [0.15, 0.2) is 0 Å². The predicted octanol–water partition coefficient (Wildman–Crippen LogP) is 1.09. The van der Waals surface area contributed by atoms with Gasteiger partial charge in [-0.05, 0) is 38.3 Å². The number of likely N-dealkylation sites (N-methyl/N-ethyl adjacent to an activating group) is 2. The predicted molar refractivity (Wildman–Crippen MR) is 89.9 cm³/mol. The van der Waals surface area contributed by atoms with Crippen molar-refractivity contribution < 1.29 is 0 Å². The number of hydrogen-bond donors (Lipinski definition) is 4. The van der Waals surface area contributed by atoms with Crippen molar-refractivity contribution in [1.29, 1.82) is 0 Å². The Morgan fingerprint density at radius 2 is 0.947 bits per heavy atom.